The summed E-state index contributed by atoms with van der Waals surface area (Å²) in [7, 11) is -9.06. The van der Waals surface area contributed by atoms with Crippen molar-refractivity contribution in [1.29, 1.82) is 0 Å². The highest BCUT2D eigenvalue weighted by Crippen LogP contribution is 2.37. The van der Waals surface area contributed by atoms with Gasteiger partial charge in [0.05, 0.1) is 16.0 Å². The minimum Gasteiger partial charge on any atom is -0.481 e. The average Bonchev–Trinajstić information content (AvgIpc) is 2.83. The van der Waals surface area contributed by atoms with Crippen molar-refractivity contribution in [2.75, 3.05) is 37.8 Å². The monoisotopic (exact) mass is 595 g/mol. The second-order valence-electron chi connectivity index (χ2n) is 9.15. The molecule has 0 aliphatic carbocycles. The van der Waals surface area contributed by atoms with Gasteiger partial charge in [0.25, 0.3) is 9.84 Å². The van der Waals surface area contributed by atoms with Crippen molar-refractivity contribution in [3.8, 4) is 0 Å². The number of benzene rings is 2. The molecule has 9 nitrogen and oxygen atoms in total. The summed E-state index contributed by atoms with van der Waals surface area (Å²) in [6.07, 6.45) is 0.359. The first-order valence-electron chi connectivity index (χ1n) is 11.4. The fourth-order valence-electron chi connectivity index (χ4n) is 3.96. The van der Waals surface area contributed by atoms with Crippen LogP contribution in [-0.4, -0.2) is 76.8 Å². The van der Waals surface area contributed by atoms with Crippen LogP contribution >= 0.6 is 11.8 Å². The van der Waals surface area contributed by atoms with Crippen molar-refractivity contribution in [3.63, 3.8) is 0 Å². The number of likely N-dealkylation sites (tertiary alicyclic amines) is 1. The first kappa shape index (κ1) is 30.2. The number of carboxylic acids is 1. The lowest BCUT2D eigenvalue weighted by Gasteiger charge is -2.45. The molecule has 0 bridgehead atoms. The maximum absolute atomic E-state index is 13.5. The Morgan fingerprint density at radius 3 is 2.32 bits per heavy atom. The standard InChI is InChI=1S/C23H28F3N3O6S3/c1-22(21(30)31)14-29(15-22)11-10-16(13-36-17-6-4-3-5-7-17)28-19-9-8-18(38(34,35)27-2)12-20(19)37(32,33)23(24,25)26/h3-9,12,16,27-28H,10-11,13-15H2,1-2H3,(H,30,31)/t16-/m1/s1. The molecule has 15 heteroatoms. The van der Waals surface area contributed by atoms with Crippen LogP contribution in [0.15, 0.2) is 63.2 Å². The third-order valence-electron chi connectivity index (χ3n) is 6.14. The lowest BCUT2D eigenvalue weighted by atomic mass is 9.82. The van der Waals surface area contributed by atoms with E-state index in [0.29, 0.717) is 37.9 Å². The fraction of sp³-hybridized carbons (Fsp3) is 0.435. The van der Waals surface area contributed by atoms with Crippen LogP contribution in [0.1, 0.15) is 13.3 Å². The highest BCUT2D eigenvalue weighted by molar-refractivity contribution is 7.99. The molecule has 2 aromatic rings. The molecule has 210 valence electrons. The molecule has 3 rings (SSSR count). The summed E-state index contributed by atoms with van der Waals surface area (Å²) in [5, 5.41) is 12.2. The van der Waals surface area contributed by atoms with Crippen LogP contribution in [0.2, 0.25) is 0 Å². The molecule has 1 aliphatic rings. The number of sulfonamides is 1. The number of carbonyl (C=O) groups is 1. The normalized spacial score (nSPS) is 17.0. The molecule has 1 fully saturated rings. The molecule has 0 radical (unpaired) electrons. The van der Waals surface area contributed by atoms with Crippen molar-refractivity contribution in [2.24, 2.45) is 5.41 Å². The summed E-state index contributed by atoms with van der Waals surface area (Å²) < 4.78 is 91.7. The topological polar surface area (TPSA) is 133 Å². The Kier molecular flexibility index (Phi) is 9.08. The largest absolute Gasteiger partial charge is 0.501 e. The number of hydrogen-bond acceptors (Lipinski definition) is 8. The van der Waals surface area contributed by atoms with Gasteiger partial charge in [0, 0.05) is 36.3 Å². The van der Waals surface area contributed by atoms with E-state index in [-0.39, 0.29) is 5.69 Å². The van der Waals surface area contributed by atoms with Crippen molar-refractivity contribution < 1.29 is 39.9 Å². The van der Waals surface area contributed by atoms with Crippen molar-refractivity contribution >= 4 is 43.3 Å². The van der Waals surface area contributed by atoms with Gasteiger partial charge in [-0.25, -0.2) is 21.6 Å². The predicted molar refractivity (Wildman–Crippen MR) is 137 cm³/mol. The number of aliphatic carboxylic acids is 1. The lowest BCUT2D eigenvalue weighted by Crippen LogP contribution is -2.59. The molecule has 2 aromatic carbocycles. The van der Waals surface area contributed by atoms with Gasteiger partial charge in [0.2, 0.25) is 10.0 Å². The van der Waals surface area contributed by atoms with Gasteiger partial charge >= 0.3 is 11.5 Å². The Hall–Kier alpha value is -2.33. The Balaban J connectivity index is 1.90. The zero-order valence-electron chi connectivity index (χ0n) is 20.5. The molecule has 0 saturated carbocycles. The Morgan fingerprint density at radius 1 is 1.13 bits per heavy atom. The maximum atomic E-state index is 13.5. The van der Waals surface area contributed by atoms with E-state index in [0.717, 1.165) is 24.1 Å². The SMILES string of the molecule is CNS(=O)(=O)c1ccc(N[C@H](CCN2CC(C)(C(=O)O)C2)CSc2ccccc2)c(S(=O)(=O)C(F)(F)F)c1. The molecule has 1 saturated heterocycles. The second kappa shape index (κ2) is 11.4. The zero-order valence-corrected chi connectivity index (χ0v) is 23.0. The summed E-state index contributed by atoms with van der Waals surface area (Å²) in [5.41, 5.74) is -6.90. The molecular weight excluding hydrogens is 567 g/mol. The van der Waals surface area contributed by atoms with Gasteiger partial charge in [0.15, 0.2) is 0 Å². The average molecular weight is 596 g/mol. The van der Waals surface area contributed by atoms with Crippen LogP contribution in [-0.2, 0) is 24.7 Å². The Morgan fingerprint density at radius 2 is 1.76 bits per heavy atom. The third kappa shape index (κ3) is 6.81. The number of anilines is 1. The number of halogens is 3. The van der Waals surface area contributed by atoms with E-state index in [2.05, 4.69) is 5.32 Å². The van der Waals surface area contributed by atoms with Gasteiger partial charge < -0.3 is 15.3 Å². The van der Waals surface area contributed by atoms with Gasteiger partial charge in [-0.15, -0.1) is 11.8 Å². The summed E-state index contributed by atoms with van der Waals surface area (Å²) in [5.74, 6) is -0.572. The molecule has 38 heavy (non-hydrogen) atoms. The van der Waals surface area contributed by atoms with E-state index in [1.165, 1.54) is 11.8 Å². The van der Waals surface area contributed by atoms with Crippen LogP contribution < -0.4 is 10.0 Å². The number of alkyl halides is 3. The number of rotatable bonds is 12. The van der Waals surface area contributed by atoms with Crippen LogP contribution in [0.3, 0.4) is 0 Å². The van der Waals surface area contributed by atoms with Gasteiger partial charge in [-0.05, 0) is 50.7 Å². The molecule has 1 aliphatic heterocycles. The van der Waals surface area contributed by atoms with Gasteiger partial charge in [-0.2, -0.15) is 13.2 Å². The highest BCUT2D eigenvalue weighted by Gasteiger charge is 2.48. The number of thioether (sulfide) groups is 1. The van der Waals surface area contributed by atoms with E-state index < -0.39 is 52.6 Å². The number of nitrogens with zero attached hydrogens (tertiary/aromatic N) is 1. The second-order valence-corrected chi connectivity index (χ2v) is 14.0. The molecule has 0 unspecified atom stereocenters. The highest BCUT2D eigenvalue weighted by atomic mass is 32.2. The summed E-state index contributed by atoms with van der Waals surface area (Å²) in [4.78, 5) is 12.3. The minimum absolute atomic E-state index is 0.311. The van der Waals surface area contributed by atoms with E-state index in [1.807, 2.05) is 40.0 Å². The van der Waals surface area contributed by atoms with Crippen molar-refractivity contribution in [2.45, 2.75) is 39.6 Å². The van der Waals surface area contributed by atoms with E-state index in [9.17, 15) is 39.9 Å². The maximum Gasteiger partial charge on any atom is 0.501 e. The van der Waals surface area contributed by atoms with Gasteiger partial charge in [-0.1, -0.05) is 18.2 Å². The molecule has 0 spiro atoms. The summed E-state index contributed by atoms with van der Waals surface area (Å²) in [6.45, 7) is 2.67. The molecule has 1 atom stereocenters. The summed E-state index contributed by atoms with van der Waals surface area (Å²) >= 11 is 1.41. The smallest absolute Gasteiger partial charge is 0.481 e. The third-order valence-corrected chi connectivity index (χ3v) is 10.2. The van der Waals surface area contributed by atoms with Crippen LogP contribution in [0, 0.1) is 5.41 Å². The van der Waals surface area contributed by atoms with Gasteiger partial charge in [0.1, 0.15) is 4.90 Å². The fourth-order valence-corrected chi connectivity index (χ4v) is 6.73. The number of hydrogen-bond donors (Lipinski definition) is 3. The van der Waals surface area contributed by atoms with Crippen molar-refractivity contribution in [1.82, 2.24) is 9.62 Å². The first-order valence-corrected chi connectivity index (χ1v) is 15.3. The minimum atomic E-state index is -5.90. The van der Waals surface area contributed by atoms with E-state index in [1.54, 1.807) is 6.92 Å². The van der Waals surface area contributed by atoms with Crippen LogP contribution in [0.25, 0.3) is 0 Å². The predicted octanol–water partition coefficient (Wildman–Crippen LogP) is 3.26. The Bertz CT molecular complexity index is 1360. The molecule has 3 N–H and O–H groups in total. The quantitative estimate of drug-likeness (QED) is 0.316. The molecule has 0 aromatic heterocycles. The molecular formula is C23H28F3N3O6S3. The van der Waals surface area contributed by atoms with Gasteiger partial charge in [-0.3, -0.25) is 4.79 Å². The van der Waals surface area contributed by atoms with E-state index in [4.69, 9.17) is 0 Å². The number of sulfone groups is 1. The van der Waals surface area contributed by atoms with E-state index >= 15 is 0 Å². The van der Waals surface area contributed by atoms with Crippen LogP contribution in [0.5, 0.6) is 0 Å². The lowest BCUT2D eigenvalue weighted by molar-refractivity contribution is -0.158. The van der Waals surface area contributed by atoms with Crippen LogP contribution in [0.4, 0.5) is 18.9 Å². The van der Waals surface area contributed by atoms with Crippen molar-refractivity contribution in [3.05, 3.63) is 48.5 Å². The first-order chi connectivity index (χ1) is 17.6. The molecule has 0 amide bonds. The molecule has 1 heterocycles. The Labute approximate surface area is 223 Å². The number of nitrogens with one attached hydrogen (secondary N) is 2. The number of carboxylic acid groups (broad SMARTS) is 1. The summed E-state index contributed by atoms with van der Waals surface area (Å²) in [6, 6.07) is 11.2. The zero-order chi connectivity index (χ0) is 28.4.